The van der Waals surface area contributed by atoms with Crippen LogP contribution in [0.4, 0.5) is 0 Å². The first-order chi connectivity index (χ1) is 12.9. The van der Waals surface area contributed by atoms with E-state index >= 15 is 0 Å². The molecule has 27 heavy (non-hydrogen) atoms. The Morgan fingerprint density at radius 3 is 2.41 bits per heavy atom. The molecule has 0 N–H and O–H groups in total. The first-order valence-electron chi connectivity index (χ1n) is 7.94. The van der Waals surface area contributed by atoms with E-state index in [9.17, 15) is 13.2 Å². The number of hydrogen-bond donors (Lipinski definition) is 0. The first kappa shape index (κ1) is 19.8. The number of sulfone groups is 1. The van der Waals surface area contributed by atoms with Crippen LogP contribution in [0.25, 0.3) is 0 Å². The molecule has 6 nitrogen and oxygen atoms in total. The molecule has 3 rings (SSSR count). The molecule has 9 heteroatoms. The highest BCUT2D eigenvalue weighted by atomic mass is 79.9. The summed E-state index contributed by atoms with van der Waals surface area (Å²) in [5.74, 6) is 0.243. The van der Waals surface area contributed by atoms with Crippen molar-refractivity contribution >= 4 is 43.3 Å². The van der Waals surface area contributed by atoms with Gasteiger partial charge >= 0.3 is 0 Å². The number of aromatic nitrogens is 3. The van der Waals surface area contributed by atoms with Crippen LogP contribution in [0, 0.1) is 0 Å². The van der Waals surface area contributed by atoms with E-state index in [1.165, 1.54) is 11.8 Å². The summed E-state index contributed by atoms with van der Waals surface area (Å²) in [5.41, 5.74) is 0.611. The molecule has 1 aromatic heterocycles. The van der Waals surface area contributed by atoms with Gasteiger partial charge in [-0.25, -0.2) is 8.42 Å². The molecule has 0 saturated carbocycles. The van der Waals surface area contributed by atoms with Crippen molar-refractivity contribution in [3.63, 3.8) is 0 Å². The van der Waals surface area contributed by atoms with Gasteiger partial charge in [0.2, 0.25) is 0 Å². The van der Waals surface area contributed by atoms with Crippen molar-refractivity contribution in [3.8, 4) is 0 Å². The quantitative estimate of drug-likeness (QED) is 0.392. The second-order valence-corrected chi connectivity index (χ2v) is 9.60. The standard InChI is InChI=1S/C18H16BrN3O3S2/c1-22-17(12-27(24,25)15-5-3-2-4-6-15)20-21-18(22)26-11-16(23)13-7-9-14(19)10-8-13/h2-10H,11-12H2,1H3. The van der Waals surface area contributed by atoms with Crippen molar-refractivity contribution in [3.05, 3.63) is 70.5 Å². The molecule has 0 aliphatic rings. The Labute approximate surface area is 170 Å². The smallest absolute Gasteiger partial charge is 0.191 e. The molecule has 140 valence electrons. The Kier molecular flexibility index (Phi) is 6.13. The summed E-state index contributed by atoms with van der Waals surface area (Å²) in [6.07, 6.45) is 0. The van der Waals surface area contributed by atoms with Gasteiger partial charge in [-0.2, -0.15) is 0 Å². The molecule has 2 aromatic carbocycles. The number of nitrogens with zero attached hydrogens (tertiary/aromatic N) is 3. The Bertz CT molecular complexity index is 1050. The third-order valence-electron chi connectivity index (χ3n) is 3.85. The zero-order valence-corrected chi connectivity index (χ0v) is 17.6. The third-order valence-corrected chi connectivity index (χ3v) is 7.02. The maximum atomic E-state index is 12.5. The van der Waals surface area contributed by atoms with E-state index < -0.39 is 9.84 Å². The number of carbonyl (C=O) groups is 1. The van der Waals surface area contributed by atoms with Crippen LogP contribution < -0.4 is 0 Å². The maximum absolute atomic E-state index is 12.5. The number of thioether (sulfide) groups is 1. The average Bonchev–Trinajstić information content (AvgIpc) is 3.00. The Morgan fingerprint density at radius 2 is 1.74 bits per heavy atom. The van der Waals surface area contributed by atoms with E-state index in [0.29, 0.717) is 16.5 Å². The fourth-order valence-corrected chi connectivity index (χ4v) is 4.75. The predicted molar refractivity (Wildman–Crippen MR) is 108 cm³/mol. The van der Waals surface area contributed by atoms with E-state index in [0.717, 1.165) is 4.47 Å². The van der Waals surface area contributed by atoms with Gasteiger partial charge in [-0.3, -0.25) is 4.79 Å². The van der Waals surface area contributed by atoms with E-state index in [-0.39, 0.29) is 22.2 Å². The van der Waals surface area contributed by atoms with Crippen molar-refractivity contribution in [2.45, 2.75) is 15.8 Å². The van der Waals surface area contributed by atoms with Crippen molar-refractivity contribution in [2.24, 2.45) is 7.05 Å². The lowest BCUT2D eigenvalue weighted by atomic mass is 10.2. The predicted octanol–water partition coefficient (Wildman–Crippen LogP) is 3.53. The fraction of sp³-hybridized carbons (Fsp3) is 0.167. The Hall–Kier alpha value is -1.97. The van der Waals surface area contributed by atoms with Gasteiger partial charge < -0.3 is 4.57 Å². The number of benzene rings is 2. The van der Waals surface area contributed by atoms with E-state index in [1.54, 1.807) is 54.1 Å². The minimum absolute atomic E-state index is 0.0334. The van der Waals surface area contributed by atoms with Gasteiger partial charge in [-0.05, 0) is 24.3 Å². The Morgan fingerprint density at radius 1 is 1.07 bits per heavy atom. The first-order valence-corrected chi connectivity index (χ1v) is 11.4. The highest BCUT2D eigenvalue weighted by Gasteiger charge is 2.20. The number of Topliss-reactive ketones (excluding diaryl/α,β-unsaturated/α-hetero) is 1. The molecule has 0 amide bonds. The molecule has 0 bridgehead atoms. The molecular formula is C18H16BrN3O3S2. The minimum atomic E-state index is -3.50. The van der Waals surface area contributed by atoms with Gasteiger partial charge in [0.1, 0.15) is 11.6 Å². The monoisotopic (exact) mass is 465 g/mol. The van der Waals surface area contributed by atoms with E-state index in [1.807, 2.05) is 12.1 Å². The number of hydrogen-bond acceptors (Lipinski definition) is 6. The maximum Gasteiger partial charge on any atom is 0.191 e. The molecule has 0 aliphatic heterocycles. The minimum Gasteiger partial charge on any atom is -0.308 e. The molecule has 0 fully saturated rings. The highest BCUT2D eigenvalue weighted by molar-refractivity contribution is 9.10. The largest absolute Gasteiger partial charge is 0.308 e. The molecule has 0 atom stereocenters. The summed E-state index contributed by atoms with van der Waals surface area (Å²) < 4.78 is 27.5. The lowest BCUT2D eigenvalue weighted by Crippen LogP contribution is -2.10. The molecule has 0 spiro atoms. The summed E-state index contributed by atoms with van der Waals surface area (Å²) in [6.45, 7) is 0. The van der Waals surface area contributed by atoms with Crippen molar-refractivity contribution in [1.29, 1.82) is 0 Å². The summed E-state index contributed by atoms with van der Waals surface area (Å²) in [7, 11) is -1.81. The molecule has 0 unspecified atom stereocenters. The topological polar surface area (TPSA) is 81.9 Å². The van der Waals surface area contributed by atoms with Crippen LogP contribution >= 0.6 is 27.7 Å². The molecule has 0 saturated heterocycles. The second-order valence-electron chi connectivity index (χ2n) is 5.75. The zero-order chi connectivity index (χ0) is 19.4. The summed E-state index contributed by atoms with van der Waals surface area (Å²) >= 11 is 4.57. The second kappa shape index (κ2) is 8.37. The van der Waals surface area contributed by atoms with Crippen molar-refractivity contribution in [1.82, 2.24) is 14.8 Å². The van der Waals surface area contributed by atoms with Crippen LogP contribution in [0.15, 0.2) is 69.1 Å². The lowest BCUT2D eigenvalue weighted by molar-refractivity contribution is 0.102. The number of ketones is 1. The average molecular weight is 466 g/mol. The van der Waals surface area contributed by atoms with Crippen LogP contribution in [-0.4, -0.2) is 34.7 Å². The molecule has 0 aliphatic carbocycles. The van der Waals surface area contributed by atoms with Gasteiger partial charge in [0, 0.05) is 17.1 Å². The SMILES string of the molecule is Cn1c(CS(=O)(=O)c2ccccc2)nnc1SCC(=O)c1ccc(Br)cc1. The lowest BCUT2D eigenvalue weighted by Gasteiger charge is -2.05. The fourth-order valence-electron chi connectivity index (χ4n) is 2.33. The van der Waals surface area contributed by atoms with Gasteiger partial charge in [-0.1, -0.05) is 58.0 Å². The Balaban J connectivity index is 1.68. The molecule has 1 heterocycles. The molecular weight excluding hydrogens is 450 g/mol. The van der Waals surface area contributed by atoms with Crippen molar-refractivity contribution in [2.75, 3.05) is 5.75 Å². The van der Waals surface area contributed by atoms with E-state index in [4.69, 9.17) is 0 Å². The van der Waals surface area contributed by atoms with Crippen LogP contribution in [0.5, 0.6) is 0 Å². The zero-order valence-electron chi connectivity index (χ0n) is 14.4. The van der Waals surface area contributed by atoms with Gasteiger partial charge in [-0.15, -0.1) is 10.2 Å². The normalized spacial score (nSPS) is 11.5. The number of rotatable bonds is 7. The highest BCUT2D eigenvalue weighted by Crippen LogP contribution is 2.21. The van der Waals surface area contributed by atoms with Crippen LogP contribution in [-0.2, 0) is 22.6 Å². The summed E-state index contributed by atoms with van der Waals surface area (Å²) in [6, 6.07) is 15.4. The third kappa shape index (κ3) is 4.85. The molecule has 3 aromatic rings. The summed E-state index contributed by atoms with van der Waals surface area (Å²) in [5, 5.41) is 8.51. The van der Waals surface area contributed by atoms with Gasteiger partial charge in [0.05, 0.1) is 10.6 Å². The van der Waals surface area contributed by atoms with E-state index in [2.05, 4.69) is 26.1 Å². The number of halogens is 1. The number of carbonyl (C=O) groups excluding carboxylic acids is 1. The van der Waals surface area contributed by atoms with Gasteiger partial charge in [0.25, 0.3) is 0 Å². The van der Waals surface area contributed by atoms with Crippen molar-refractivity contribution < 1.29 is 13.2 Å². The van der Waals surface area contributed by atoms with Crippen LogP contribution in [0.2, 0.25) is 0 Å². The van der Waals surface area contributed by atoms with Crippen LogP contribution in [0.1, 0.15) is 16.2 Å². The van der Waals surface area contributed by atoms with Gasteiger partial charge in [0.15, 0.2) is 20.8 Å². The molecule has 0 radical (unpaired) electrons. The van der Waals surface area contributed by atoms with Crippen LogP contribution in [0.3, 0.4) is 0 Å². The summed E-state index contributed by atoms with van der Waals surface area (Å²) in [4.78, 5) is 12.5.